The summed E-state index contributed by atoms with van der Waals surface area (Å²) in [4.78, 5) is 24.3. The van der Waals surface area contributed by atoms with E-state index in [1.807, 2.05) is 0 Å². The van der Waals surface area contributed by atoms with Gasteiger partial charge in [-0.25, -0.2) is 21.2 Å². The first-order valence-corrected chi connectivity index (χ1v) is 12.8. The summed E-state index contributed by atoms with van der Waals surface area (Å²) in [6.07, 6.45) is 0. The van der Waals surface area contributed by atoms with Gasteiger partial charge in [0.15, 0.2) is 0 Å². The third-order valence-corrected chi connectivity index (χ3v) is 9.39. The van der Waals surface area contributed by atoms with E-state index in [9.17, 15) is 26.4 Å². The van der Waals surface area contributed by atoms with Crippen LogP contribution in [0.2, 0.25) is 0 Å². The van der Waals surface area contributed by atoms with Crippen LogP contribution < -0.4 is 0 Å². The number of carbonyl (C=O) groups is 2. The van der Waals surface area contributed by atoms with Crippen LogP contribution in [0.5, 0.6) is 0 Å². The SMILES string of the molecule is CCOC(=O)C(C(=O)OC(C)(C)C)C(F)(S(=O)(=O)c1ccccc1)S(=O)(=O)c1ccccc1. The lowest BCUT2D eigenvalue weighted by molar-refractivity contribution is -0.171. The Balaban J connectivity index is 2.95. The number of hydrogen-bond donors (Lipinski definition) is 0. The van der Waals surface area contributed by atoms with Crippen molar-refractivity contribution in [3.8, 4) is 0 Å². The Kier molecular flexibility index (Phi) is 7.70. The van der Waals surface area contributed by atoms with Crippen molar-refractivity contribution in [3.05, 3.63) is 60.7 Å². The van der Waals surface area contributed by atoms with Gasteiger partial charge in [-0.1, -0.05) is 36.4 Å². The van der Waals surface area contributed by atoms with Crippen molar-refractivity contribution in [2.45, 2.75) is 47.4 Å². The fourth-order valence-corrected chi connectivity index (χ4v) is 7.35. The molecule has 2 aromatic carbocycles. The van der Waals surface area contributed by atoms with E-state index in [0.717, 1.165) is 24.3 Å². The molecule has 0 radical (unpaired) electrons. The lowest BCUT2D eigenvalue weighted by atomic mass is 10.1. The van der Waals surface area contributed by atoms with Gasteiger partial charge in [0.1, 0.15) is 5.60 Å². The van der Waals surface area contributed by atoms with E-state index >= 15 is 4.39 Å². The Morgan fingerprint density at radius 2 is 1.21 bits per heavy atom. The van der Waals surface area contributed by atoms with Crippen molar-refractivity contribution in [1.29, 1.82) is 0 Å². The zero-order valence-corrected chi connectivity index (χ0v) is 20.2. The third kappa shape index (κ3) is 5.09. The summed E-state index contributed by atoms with van der Waals surface area (Å²) < 4.78 is 76.4. The van der Waals surface area contributed by atoms with E-state index in [1.165, 1.54) is 64.1 Å². The molecule has 1 atom stereocenters. The molecule has 0 amide bonds. The first kappa shape index (κ1) is 26.5. The maximum absolute atomic E-state index is 17.0. The molecule has 0 spiro atoms. The molecule has 0 N–H and O–H groups in total. The van der Waals surface area contributed by atoms with Crippen LogP contribution in [0.15, 0.2) is 70.5 Å². The Morgan fingerprint density at radius 3 is 1.55 bits per heavy atom. The highest BCUT2D eigenvalue weighted by Gasteiger charge is 2.69. The van der Waals surface area contributed by atoms with E-state index in [-0.39, 0.29) is 6.61 Å². The van der Waals surface area contributed by atoms with Crippen molar-refractivity contribution in [1.82, 2.24) is 0 Å². The van der Waals surface area contributed by atoms with Gasteiger partial charge in [-0.05, 0) is 52.0 Å². The van der Waals surface area contributed by atoms with Crippen molar-refractivity contribution < 1.29 is 40.3 Å². The van der Waals surface area contributed by atoms with Gasteiger partial charge in [0.25, 0.3) is 0 Å². The van der Waals surface area contributed by atoms with Crippen LogP contribution in [-0.2, 0) is 38.7 Å². The van der Waals surface area contributed by atoms with Gasteiger partial charge in [-0.3, -0.25) is 9.59 Å². The number of esters is 2. The molecule has 1 unspecified atom stereocenters. The number of alkyl halides is 1. The highest BCUT2D eigenvalue weighted by Crippen LogP contribution is 2.44. The van der Waals surface area contributed by atoms with Crippen LogP contribution in [0.4, 0.5) is 4.39 Å². The molecule has 0 aliphatic heterocycles. The number of carbonyl (C=O) groups excluding carboxylic acids is 2. The van der Waals surface area contributed by atoms with Crippen molar-refractivity contribution in [3.63, 3.8) is 0 Å². The Labute approximate surface area is 192 Å². The van der Waals surface area contributed by atoms with Gasteiger partial charge < -0.3 is 9.47 Å². The van der Waals surface area contributed by atoms with Gasteiger partial charge >= 0.3 is 16.3 Å². The van der Waals surface area contributed by atoms with Gasteiger partial charge in [-0.15, -0.1) is 0 Å². The fraction of sp³-hybridized carbons (Fsp3) is 0.364. The summed E-state index contributed by atoms with van der Waals surface area (Å²) in [6, 6.07) is 11.7. The number of benzene rings is 2. The molecule has 0 saturated heterocycles. The molecule has 2 rings (SSSR count). The van der Waals surface area contributed by atoms with Crippen LogP contribution in [-0.4, -0.2) is 45.3 Å². The topological polar surface area (TPSA) is 121 Å². The minimum Gasteiger partial charge on any atom is -0.465 e. The molecule has 0 aliphatic carbocycles. The van der Waals surface area contributed by atoms with E-state index in [4.69, 9.17) is 9.47 Å². The van der Waals surface area contributed by atoms with Gasteiger partial charge in [0.2, 0.25) is 25.6 Å². The Bertz CT molecular complexity index is 1130. The minimum absolute atomic E-state index is 0.370. The Morgan fingerprint density at radius 1 is 0.818 bits per heavy atom. The van der Waals surface area contributed by atoms with Crippen molar-refractivity contribution in [2.24, 2.45) is 5.92 Å². The minimum atomic E-state index is -5.53. The molecule has 180 valence electrons. The molecule has 2 aromatic rings. The van der Waals surface area contributed by atoms with Crippen LogP contribution in [0.25, 0.3) is 0 Å². The van der Waals surface area contributed by atoms with E-state index in [0.29, 0.717) is 0 Å². The van der Waals surface area contributed by atoms with Crippen LogP contribution in [0.1, 0.15) is 27.7 Å². The molecule has 0 heterocycles. The fourth-order valence-electron chi connectivity index (χ4n) is 2.94. The Hall–Kier alpha value is -2.79. The average Bonchev–Trinajstić information content (AvgIpc) is 2.73. The lowest BCUT2D eigenvalue weighted by Crippen LogP contribution is -2.56. The molecule has 0 bridgehead atoms. The molecule has 0 aromatic heterocycles. The van der Waals surface area contributed by atoms with Crippen molar-refractivity contribution >= 4 is 31.6 Å². The molecular weight excluding hydrogens is 475 g/mol. The summed E-state index contributed by atoms with van der Waals surface area (Å²) >= 11 is 0. The maximum Gasteiger partial charge on any atom is 0.341 e. The maximum atomic E-state index is 17.0. The summed E-state index contributed by atoms with van der Waals surface area (Å²) in [5, 5.41) is 0. The predicted octanol–water partition coefficient (Wildman–Crippen LogP) is 3.08. The third-order valence-electron chi connectivity index (χ3n) is 4.35. The first-order chi connectivity index (χ1) is 15.2. The molecule has 0 aliphatic rings. The lowest BCUT2D eigenvalue weighted by Gasteiger charge is -2.32. The van der Waals surface area contributed by atoms with Crippen LogP contribution >= 0.6 is 0 Å². The molecule has 11 heteroatoms. The zero-order chi connectivity index (χ0) is 25.1. The molecular formula is C22H25FO8S2. The second kappa shape index (κ2) is 9.60. The number of ether oxygens (including phenoxy) is 2. The number of hydrogen-bond acceptors (Lipinski definition) is 8. The molecule has 0 saturated carbocycles. The molecule has 8 nitrogen and oxygen atoms in total. The quantitative estimate of drug-likeness (QED) is 0.401. The van der Waals surface area contributed by atoms with Gasteiger partial charge in [0, 0.05) is 0 Å². The van der Waals surface area contributed by atoms with E-state index in [1.54, 1.807) is 0 Å². The van der Waals surface area contributed by atoms with Gasteiger partial charge in [0.05, 0.1) is 16.4 Å². The van der Waals surface area contributed by atoms with Crippen LogP contribution in [0, 0.1) is 5.92 Å². The zero-order valence-electron chi connectivity index (χ0n) is 18.5. The standard InChI is InChI=1S/C22H25FO8S2/c1-5-30-19(24)18(20(25)31-21(2,3)4)22(23,32(26,27)16-12-8-6-9-13-16)33(28,29)17-14-10-7-11-15-17/h6-15,18H,5H2,1-4H3. The first-order valence-electron chi connectivity index (χ1n) is 9.88. The number of halogens is 1. The second-order valence-electron chi connectivity index (χ2n) is 7.93. The van der Waals surface area contributed by atoms with Crippen LogP contribution in [0.3, 0.4) is 0 Å². The summed E-state index contributed by atoms with van der Waals surface area (Å²) in [6.45, 7) is 5.14. The normalized spacial score (nSPS) is 13.7. The molecule has 0 fully saturated rings. The monoisotopic (exact) mass is 500 g/mol. The van der Waals surface area contributed by atoms with Crippen molar-refractivity contribution in [2.75, 3.05) is 6.61 Å². The predicted molar refractivity (Wildman–Crippen MR) is 117 cm³/mol. The largest absolute Gasteiger partial charge is 0.465 e. The average molecular weight is 501 g/mol. The number of sulfone groups is 2. The highest BCUT2D eigenvalue weighted by atomic mass is 32.3. The summed E-state index contributed by atoms with van der Waals surface area (Å²) in [5.74, 6) is -6.36. The number of rotatable bonds is 8. The second-order valence-corrected chi connectivity index (χ2v) is 12.3. The highest BCUT2D eigenvalue weighted by molar-refractivity contribution is 8.10. The summed E-state index contributed by atoms with van der Waals surface area (Å²) in [7, 11) is -11.1. The smallest absolute Gasteiger partial charge is 0.341 e. The molecule has 33 heavy (non-hydrogen) atoms. The van der Waals surface area contributed by atoms with E-state index in [2.05, 4.69) is 0 Å². The van der Waals surface area contributed by atoms with E-state index < -0.39 is 57.3 Å². The summed E-state index contributed by atoms with van der Waals surface area (Å²) in [5.41, 5.74) is -1.30. The van der Waals surface area contributed by atoms with Gasteiger partial charge in [-0.2, -0.15) is 0 Å².